The van der Waals surface area contributed by atoms with Gasteiger partial charge in [-0.2, -0.15) is 13.2 Å². The van der Waals surface area contributed by atoms with Crippen LogP contribution < -0.4 is 5.32 Å². The van der Waals surface area contributed by atoms with Crippen LogP contribution in [-0.4, -0.2) is 23.7 Å². The van der Waals surface area contributed by atoms with E-state index in [0.29, 0.717) is 18.5 Å². The number of aliphatic hydroxyl groups excluding tert-OH is 1. The SMILES string of the molecule is CC(O)CC(C)(C)CNC(=O)CC(C)c1cccc(C(F)(F)F)c1. The van der Waals surface area contributed by atoms with Crippen LogP contribution in [0.15, 0.2) is 24.3 Å². The standard InChI is InChI=1S/C18H26F3NO2/c1-12(14-6-5-7-15(9-14)18(19,20)21)8-16(24)22-11-17(3,4)10-13(2)23/h5-7,9,12-13,23H,8,10-11H2,1-4H3,(H,22,24). The van der Waals surface area contributed by atoms with E-state index in [9.17, 15) is 23.1 Å². The summed E-state index contributed by atoms with van der Waals surface area (Å²) in [5.74, 6) is -0.522. The Kier molecular flexibility index (Phi) is 6.84. The van der Waals surface area contributed by atoms with Crippen molar-refractivity contribution in [2.75, 3.05) is 6.54 Å². The Balaban J connectivity index is 2.62. The van der Waals surface area contributed by atoms with Crippen molar-refractivity contribution < 1.29 is 23.1 Å². The summed E-state index contributed by atoms with van der Waals surface area (Å²) in [6.45, 7) is 7.72. The molecule has 0 radical (unpaired) electrons. The van der Waals surface area contributed by atoms with Gasteiger partial charge in [0.05, 0.1) is 11.7 Å². The summed E-state index contributed by atoms with van der Waals surface area (Å²) in [6, 6.07) is 5.08. The maximum absolute atomic E-state index is 12.8. The topological polar surface area (TPSA) is 49.3 Å². The van der Waals surface area contributed by atoms with Gasteiger partial charge in [-0.05, 0) is 36.3 Å². The molecular weight excluding hydrogens is 319 g/mol. The monoisotopic (exact) mass is 345 g/mol. The van der Waals surface area contributed by atoms with E-state index in [4.69, 9.17) is 0 Å². The highest BCUT2D eigenvalue weighted by atomic mass is 19.4. The van der Waals surface area contributed by atoms with Crippen LogP contribution in [0.4, 0.5) is 13.2 Å². The van der Waals surface area contributed by atoms with Crippen molar-refractivity contribution in [3.8, 4) is 0 Å². The van der Waals surface area contributed by atoms with Crippen LogP contribution in [0.2, 0.25) is 0 Å². The third kappa shape index (κ3) is 6.91. The first-order chi connectivity index (χ1) is 10.9. The average Bonchev–Trinajstić information content (AvgIpc) is 2.43. The van der Waals surface area contributed by atoms with Gasteiger partial charge in [-0.3, -0.25) is 4.79 Å². The molecule has 1 rings (SSSR count). The van der Waals surface area contributed by atoms with E-state index in [1.165, 1.54) is 6.07 Å². The summed E-state index contributed by atoms with van der Waals surface area (Å²) >= 11 is 0. The largest absolute Gasteiger partial charge is 0.416 e. The number of hydrogen-bond donors (Lipinski definition) is 2. The van der Waals surface area contributed by atoms with E-state index in [1.54, 1.807) is 19.9 Å². The fourth-order valence-electron chi connectivity index (χ4n) is 2.70. The van der Waals surface area contributed by atoms with Gasteiger partial charge in [-0.25, -0.2) is 0 Å². The Morgan fingerprint density at radius 1 is 1.25 bits per heavy atom. The number of hydrogen-bond acceptors (Lipinski definition) is 2. The van der Waals surface area contributed by atoms with Crippen molar-refractivity contribution in [3.05, 3.63) is 35.4 Å². The molecule has 6 heteroatoms. The zero-order valence-corrected chi connectivity index (χ0v) is 14.6. The Morgan fingerprint density at radius 2 is 1.88 bits per heavy atom. The molecule has 2 unspecified atom stereocenters. The second-order valence-electron chi connectivity index (χ2n) is 7.22. The minimum absolute atomic E-state index is 0.117. The molecule has 0 aliphatic heterocycles. The summed E-state index contributed by atoms with van der Waals surface area (Å²) in [5.41, 5.74) is -0.461. The Morgan fingerprint density at radius 3 is 2.42 bits per heavy atom. The van der Waals surface area contributed by atoms with Gasteiger partial charge in [0.2, 0.25) is 5.91 Å². The van der Waals surface area contributed by atoms with E-state index >= 15 is 0 Å². The first-order valence-corrected chi connectivity index (χ1v) is 8.02. The number of amides is 1. The molecule has 0 aliphatic carbocycles. The van der Waals surface area contributed by atoms with Crippen molar-refractivity contribution in [2.24, 2.45) is 5.41 Å². The van der Waals surface area contributed by atoms with Gasteiger partial charge >= 0.3 is 6.18 Å². The van der Waals surface area contributed by atoms with Crippen LogP contribution in [0.1, 0.15) is 57.6 Å². The predicted octanol–water partition coefficient (Wildman–Crippen LogP) is 4.11. The molecule has 2 N–H and O–H groups in total. The minimum Gasteiger partial charge on any atom is -0.393 e. The van der Waals surface area contributed by atoms with Gasteiger partial charge in [-0.1, -0.05) is 39.0 Å². The van der Waals surface area contributed by atoms with Gasteiger partial charge in [0, 0.05) is 13.0 Å². The quantitative estimate of drug-likeness (QED) is 0.781. The number of benzene rings is 1. The van der Waals surface area contributed by atoms with Crippen LogP contribution in [0, 0.1) is 5.41 Å². The molecule has 24 heavy (non-hydrogen) atoms. The normalized spacial score (nSPS) is 15.0. The van der Waals surface area contributed by atoms with Crippen LogP contribution in [-0.2, 0) is 11.0 Å². The highest BCUT2D eigenvalue weighted by Crippen LogP contribution is 2.31. The minimum atomic E-state index is -4.39. The molecular formula is C18H26F3NO2. The van der Waals surface area contributed by atoms with Crippen molar-refractivity contribution in [1.82, 2.24) is 5.32 Å². The van der Waals surface area contributed by atoms with Crippen molar-refractivity contribution in [3.63, 3.8) is 0 Å². The van der Waals surface area contributed by atoms with Gasteiger partial charge in [-0.15, -0.1) is 0 Å². The molecule has 1 aromatic rings. The average molecular weight is 345 g/mol. The third-order valence-corrected chi connectivity index (χ3v) is 3.89. The molecule has 2 atom stereocenters. The summed E-state index contributed by atoms with van der Waals surface area (Å²) in [7, 11) is 0. The lowest BCUT2D eigenvalue weighted by Crippen LogP contribution is -2.36. The Labute approximate surface area is 141 Å². The summed E-state index contributed by atoms with van der Waals surface area (Å²) in [5, 5.41) is 12.2. The summed E-state index contributed by atoms with van der Waals surface area (Å²) in [6.07, 6.45) is -4.17. The van der Waals surface area contributed by atoms with Crippen molar-refractivity contribution in [1.29, 1.82) is 0 Å². The second kappa shape index (κ2) is 8.01. The zero-order valence-electron chi connectivity index (χ0n) is 14.6. The Bertz CT molecular complexity index is 553. The molecule has 1 aromatic carbocycles. The second-order valence-corrected chi connectivity index (χ2v) is 7.22. The van der Waals surface area contributed by atoms with Crippen LogP contribution in [0.5, 0.6) is 0 Å². The zero-order chi connectivity index (χ0) is 18.5. The number of alkyl halides is 3. The van der Waals surface area contributed by atoms with E-state index in [1.807, 2.05) is 13.8 Å². The lowest BCUT2D eigenvalue weighted by Gasteiger charge is -2.26. The highest BCUT2D eigenvalue weighted by molar-refractivity contribution is 5.76. The molecule has 0 spiro atoms. The molecule has 0 fully saturated rings. The molecule has 1 amide bonds. The van der Waals surface area contributed by atoms with Gasteiger partial charge in [0.15, 0.2) is 0 Å². The van der Waals surface area contributed by atoms with Gasteiger partial charge in [0.25, 0.3) is 0 Å². The third-order valence-electron chi connectivity index (χ3n) is 3.89. The summed E-state index contributed by atoms with van der Waals surface area (Å²) < 4.78 is 38.3. The molecule has 3 nitrogen and oxygen atoms in total. The van der Waals surface area contributed by atoms with Crippen LogP contribution in [0.3, 0.4) is 0 Å². The molecule has 0 aromatic heterocycles. The van der Waals surface area contributed by atoms with Crippen molar-refractivity contribution in [2.45, 2.75) is 58.7 Å². The molecule has 0 saturated carbocycles. The highest BCUT2D eigenvalue weighted by Gasteiger charge is 2.30. The van der Waals surface area contributed by atoms with E-state index in [0.717, 1.165) is 12.1 Å². The van der Waals surface area contributed by atoms with E-state index in [-0.39, 0.29) is 23.7 Å². The van der Waals surface area contributed by atoms with Gasteiger partial charge < -0.3 is 10.4 Å². The molecule has 0 heterocycles. The van der Waals surface area contributed by atoms with Crippen molar-refractivity contribution >= 4 is 5.91 Å². The van der Waals surface area contributed by atoms with Crippen LogP contribution >= 0.6 is 0 Å². The first-order valence-electron chi connectivity index (χ1n) is 8.02. The van der Waals surface area contributed by atoms with Gasteiger partial charge in [0.1, 0.15) is 0 Å². The number of nitrogens with one attached hydrogen (secondary N) is 1. The predicted molar refractivity (Wildman–Crippen MR) is 87.6 cm³/mol. The number of carbonyl (C=O) groups is 1. The molecule has 0 bridgehead atoms. The fraction of sp³-hybridized carbons (Fsp3) is 0.611. The molecule has 0 saturated heterocycles. The number of halogens is 3. The maximum Gasteiger partial charge on any atom is 0.416 e. The maximum atomic E-state index is 12.8. The first kappa shape index (κ1) is 20.5. The number of aliphatic hydroxyl groups is 1. The number of rotatable bonds is 7. The summed E-state index contributed by atoms with van der Waals surface area (Å²) in [4.78, 5) is 12.0. The fourth-order valence-corrected chi connectivity index (χ4v) is 2.70. The number of carbonyl (C=O) groups excluding carboxylic acids is 1. The lowest BCUT2D eigenvalue weighted by molar-refractivity contribution is -0.137. The van der Waals surface area contributed by atoms with E-state index in [2.05, 4.69) is 5.32 Å². The molecule has 0 aliphatic rings. The lowest BCUT2D eigenvalue weighted by atomic mass is 9.87. The Hall–Kier alpha value is -1.56. The van der Waals surface area contributed by atoms with Crippen LogP contribution in [0.25, 0.3) is 0 Å². The molecule has 136 valence electrons. The smallest absolute Gasteiger partial charge is 0.393 e. The van der Waals surface area contributed by atoms with E-state index < -0.39 is 17.8 Å².